The van der Waals surface area contributed by atoms with E-state index < -0.39 is 80.6 Å². The highest BCUT2D eigenvalue weighted by Gasteiger charge is 2.24. The topological polar surface area (TPSA) is 97.2 Å². The molecule has 194 valence electrons. The number of benzene rings is 2. The van der Waals surface area contributed by atoms with Gasteiger partial charge in [0.1, 0.15) is 34.3 Å². The van der Waals surface area contributed by atoms with Crippen LogP contribution in [0.3, 0.4) is 0 Å². The number of aliphatic hydroxyl groups excluding tert-OH is 1. The number of carbonyl (C=O) groups is 2. The summed E-state index contributed by atoms with van der Waals surface area (Å²) >= 11 is 0. The number of ether oxygens (including phenoxy) is 2. The quantitative estimate of drug-likeness (QED) is 0.118. The van der Waals surface area contributed by atoms with Crippen LogP contribution in [0.25, 0.3) is 5.76 Å². The van der Waals surface area contributed by atoms with E-state index in [2.05, 4.69) is 10.3 Å². The van der Waals surface area contributed by atoms with Gasteiger partial charge in [-0.3, -0.25) is 10.3 Å². The van der Waals surface area contributed by atoms with Crippen LogP contribution in [-0.4, -0.2) is 35.6 Å². The van der Waals surface area contributed by atoms with Gasteiger partial charge in [-0.2, -0.15) is 0 Å². The Hall–Kier alpha value is -3.96. The number of aliphatic imine (C=N–C) groups is 1. The molecule has 1 amide bonds. The van der Waals surface area contributed by atoms with Crippen LogP contribution in [0.1, 0.15) is 38.8 Å². The molecule has 0 aliphatic carbocycles. The highest BCUT2D eigenvalue weighted by atomic mass is 19.2. The van der Waals surface area contributed by atoms with E-state index in [1.54, 1.807) is 20.8 Å². The summed E-state index contributed by atoms with van der Waals surface area (Å²) in [6.45, 7) is 6.83. The van der Waals surface area contributed by atoms with Crippen molar-refractivity contribution < 1.29 is 46.1 Å². The van der Waals surface area contributed by atoms with Gasteiger partial charge in [0.05, 0.1) is 17.9 Å². The van der Waals surface area contributed by atoms with Gasteiger partial charge >= 0.3 is 12.1 Å². The zero-order valence-electron chi connectivity index (χ0n) is 19.9. The molecular weight excluding hydrogens is 491 g/mol. The number of hydrogen-bond donors (Lipinski definition) is 2. The van der Waals surface area contributed by atoms with Crippen molar-refractivity contribution in [2.24, 2.45) is 4.99 Å². The second kappa shape index (κ2) is 11.2. The molecular formula is C24H23F5N2O5. The molecule has 0 heterocycles. The average Bonchev–Trinajstić information content (AvgIpc) is 2.76. The molecule has 0 atom stereocenters. The van der Waals surface area contributed by atoms with E-state index >= 15 is 0 Å². The molecule has 2 aromatic rings. The van der Waals surface area contributed by atoms with Crippen molar-refractivity contribution in [2.75, 3.05) is 11.9 Å². The normalized spacial score (nSPS) is 12.4. The van der Waals surface area contributed by atoms with Crippen LogP contribution in [-0.2, 0) is 14.3 Å². The second-order valence-corrected chi connectivity index (χ2v) is 8.31. The van der Waals surface area contributed by atoms with Crippen LogP contribution in [0, 0.1) is 36.0 Å². The largest absolute Gasteiger partial charge is 0.506 e. The number of hydrogen-bond acceptors (Lipinski definition) is 6. The van der Waals surface area contributed by atoms with E-state index in [9.17, 15) is 36.6 Å². The number of nitrogens with zero attached hydrogens (tertiary/aromatic N) is 1. The first kappa shape index (κ1) is 28.3. The first-order chi connectivity index (χ1) is 16.7. The summed E-state index contributed by atoms with van der Waals surface area (Å²) in [4.78, 5) is 28.0. The molecule has 36 heavy (non-hydrogen) atoms. The molecule has 7 nitrogen and oxygen atoms in total. The third-order valence-corrected chi connectivity index (χ3v) is 4.39. The zero-order valence-corrected chi connectivity index (χ0v) is 19.9. The fourth-order valence-corrected chi connectivity index (χ4v) is 2.75. The maximum Gasteiger partial charge on any atom is 0.412 e. The minimum absolute atomic E-state index is 0.197. The number of anilines is 1. The molecule has 0 radical (unpaired) electrons. The van der Waals surface area contributed by atoms with Gasteiger partial charge in [0.15, 0.2) is 17.5 Å². The molecule has 0 aliphatic rings. The predicted octanol–water partition coefficient (Wildman–Crippen LogP) is 6.27. The summed E-state index contributed by atoms with van der Waals surface area (Å²) < 4.78 is 80.2. The van der Waals surface area contributed by atoms with Crippen molar-refractivity contribution in [3.8, 4) is 0 Å². The lowest BCUT2D eigenvalue weighted by atomic mass is 10.0. The number of rotatable bonds is 6. The van der Waals surface area contributed by atoms with E-state index in [0.717, 1.165) is 13.0 Å². The van der Waals surface area contributed by atoms with Crippen molar-refractivity contribution in [2.45, 2.75) is 40.2 Å². The molecule has 0 saturated heterocycles. The van der Waals surface area contributed by atoms with Crippen LogP contribution in [0.2, 0.25) is 0 Å². The Morgan fingerprint density at radius 2 is 1.67 bits per heavy atom. The van der Waals surface area contributed by atoms with Crippen LogP contribution in [0.5, 0.6) is 0 Å². The number of nitrogens with one attached hydrogen (secondary N) is 1. The summed E-state index contributed by atoms with van der Waals surface area (Å²) in [6.07, 6.45) is -0.478. The van der Waals surface area contributed by atoms with Crippen LogP contribution >= 0.6 is 0 Å². The lowest BCUT2D eigenvalue weighted by Crippen LogP contribution is -2.27. The summed E-state index contributed by atoms with van der Waals surface area (Å²) in [5.74, 6) is -9.18. The van der Waals surface area contributed by atoms with E-state index in [1.165, 1.54) is 6.92 Å². The van der Waals surface area contributed by atoms with E-state index in [4.69, 9.17) is 9.47 Å². The van der Waals surface area contributed by atoms with E-state index in [1.807, 2.05) is 0 Å². The lowest BCUT2D eigenvalue weighted by Gasteiger charge is -2.19. The van der Waals surface area contributed by atoms with Crippen molar-refractivity contribution in [1.82, 2.24) is 0 Å². The number of amides is 1. The average molecular weight is 514 g/mol. The number of esters is 1. The smallest absolute Gasteiger partial charge is 0.412 e. The molecule has 12 heteroatoms. The van der Waals surface area contributed by atoms with Gasteiger partial charge in [0, 0.05) is 17.8 Å². The zero-order chi connectivity index (χ0) is 27.4. The fraction of sp³-hybridized carbons (Fsp3) is 0.292. The highest BCUT2D eigenvalue weighted by Crippen LogP contribution is 2.28. The Morgan fingerprint density at radius 3 is 2.25 bits per heavy atom. The molecule has 0 aliphatic heterocycles. The minimum atomic E-state index is -1.50. The van der Waals surface area contributed by atoms with E-state index in [0.29, 0.717) is 18.3 Å². The molecule has 0 bridgehead atoms. The Morgan fingerprint density at radius 1 is 1.03 bits per heavy atom. The predicted molar refractivity (Wildman–Crippen MR) is 122 cm³/mol. The SMILES string of the molecule is CCOC(=O)/C(C=Nc1cc(NC(=O)OC(C)(C)C)c(F)cc1F)=C(\O)c1cc(F)c(F)c(C)c1F. The molecule has 0 saturated carbocycles. The maximum atomic E-state index is 14.5. The van der Waals surface area contributed by atoms with Gasteiger partial charge in [0.2, 0.25) is 0 Å². The van der Waals surface area contributed by atoms with Gasteiger partial charge in [-0.05, 0) is 46.8 Å². The first-order valence-corrected chi connectivity index (χ1v) is 10.4. The third-order valence-electron chi connectivity index (χ3n) is 4.39. The molecule has 0 fully saturated rings. The van der Waals surface area contributed by atoms with Crippen LogP contribution in [0.15, 0.2) is 28.8 Å². The highest BCUT2D eigenvalue weighted by molar-refractivity contribution is 6.15. The summed E-state index contributed by atoms with van der Waals surface area (Å²) in [5, 5.41) is 12.6. The Balaban J connectivity index is 2.57. The van der Waals surface area contributed by atoms with Crippen LogP contribution in [0.4, 0.5) is 38.1 Å². The first-order valence-electron chi connectivity index (χ1n) is 10.4. The number of carbonyl (C=O) groups excluding carboxylic acids is 2. The van der Waals surface area contributed by atoms with Crippen molar-refractivity contribution in [3.63, 3.8) is 0 Å². The fourth-order valence-electron chi connectivity index (χ4n) is 2.75. The van der Waals surface area contributed by atoms with Crippen molar-refractivity contribution in [1.29, 1.82) is 0 Å². The standard InChI is InChI=1S/C24H23F5N2O5/c1-6-35-22(33)13(21(32)12-7-16(27)20(29)11(2)19(12)28)10-30-17-9-18(15(26)8-14(17)25)31-23(34)36-24(3,4)5/h7-10,32H,6H2,1-5H3,(H,31,34)/b21-13-,30-10?. The molecule has 0 unspecified atom stereocenters. The van der Waals surface area contributed by atoms with Gasteiger partial charge in [-0.25, -0.2) is 31.5 Å². The minimum Gasteiger partial charge on any atom is -0.506 e. The molecule has 2 rings (SSSR count). The molecule has 2 N–H and O–H groups in total. The Bertz CT molecular complexity index is 1250. The Labute approximate surface area is 203 Å². The monoisotopic (exact) mass is 514 g/mol. The van der Waals surface area contributed by atoms with Crippen LogP contribution < -0.4 is 5.32 Å². The van der Waals surface area contributed by atoms with E-state index in [-0.39, 0.29) is 6.61 Å². The second-order valence-electron chi connectivity index (χ2n) is 8.31. The van der Waals surface area contributed by atoms with Gasteiger partial charge in [0.25, 0.3) is 0 Å². The van der Waals surface area contributed by atoms with Gasteiger partial charge in [-0.15, -0.1) is 0 Å². The number of aliphatic hydroxyl groups is 1. The molecule has 0 aromatic heterocycles. The molecule has 2 aromatic carbocycles. The maximum absolute atomic E-state index is 14.5. The van der Waals surface area contributed by atoms with Crippen molar-refractivity contribution >= 4 is 35.4 Å². The summed E-state index contributed by atoms with van der Waals surface area (Å²) in [7, 11) is 0. The summed E-state index contributed by atoms with van der Waals surface area (Å²) in [6, 6.07) is 1.49. The lowest BCUT2D eigenvalue weighted by molar-refractivity contribution is -0.137. The summed E-state index contributed by atoms with van der Waals surface area (Å²) in [5.41, 5.74) is -4.53. The van der Waals surface area contributed by atoms with Gasteiger partial charge < -0.3 is 14.6 Å². The number of halogens is 5. The molecule has 0 spiro atoms. The van der Waals surface area contributed by atoms with Gasteiger partial charge in [-0.1, -0.05) is 0 Å². The van der Waals surface area contributed by atoms with Crippen molar-refractivity contribution in [3.05, 3.63) is 64.0 Å². The third kappa shape index (κ3) is 6.80. The Kier molecular flexibility index (Phi) is 8.79.